The van der Waals surface area contributed by atoms with Gasteiger partial charge in [-0.3, -0.25) is 4.99 Å². The Morgan fingerprint density at radius 1 is 1.07 bits per heavy atom. The van der Waals surface area contributed by atoms with Crippen LogP contribution in [0.5, 0.6) is 0 Å². The molecule has 1 aliphatic carbocycles. The molecule has 0 spiro atoms. The highest BCUT2D eigenvalue weighted by atomic mass is 16.5. The second-order valence-electron chi connectivity index (χ2n) is 8.03. The minimum Gasteiger partial charge on any atom is -0.378 e. The van der Waals surface area contributed by atoms with Crippen molar-refractivity contribution in [3.63, 3.8) is 0 Å². The lowest BCUT2D eigenvalue weighted by molar-refractivity contribution is 0.122. The molecule has 0 radical (unpaired) electrons. The molecule has 7 nitrogen and oxygen atoms in total. The fourth-order valence-corrected chi connectivity index (χ4v) is 4.22. The van der Waals surface area contributed by atoms with Gasteiger partial charge in [0.25, 0.3) is 0 Å². The number of aliphatic imine (C=N–C) groups is 1. The van der Waals surface area contributed by atoms with E-state index in [4.69, 9.17) is 14.7 Å². The quantitative estimate of drug-likeness (QED) is 0.864. The lowest BCUT2D eigenvalue weighted by Gasteiger charge is -2.28. The number of hydrogen-bond acceptors (Lipinski definition) is 7. The van der Waals surface area contributed by atoms with E-state index in [1.165, 1.54) is 22.4 Å². The first-order valence-electron chi connectivity index (χ1n) is 10.4. The van der Waals surface area contributed by atoms with Crippen LogP contribution in [-0.2, 0) is 11.2 Å². The Balaban J connectivity index is 1.38. The SMILES string of the molecule is CC(C)C1=NCC2=C1c1nc(Nc3ccc(N4CCOCC4)cn3)ncc1CC2. The predicted molar refractivity (Wildman–Crippen MR) is 115 cm³/mol. The van der Waals surface area contributed by atoms with Crippen molar-refractivity contribution in [3.8, 4) is 0 Å². The molecule has 2 aliphatic heterocycles. The van der Waals surface area contributed by atoms with Gasteiger partial charge in [0, 0.05) is 30.6 Å². The van der Waals surface area contributed by atoms with E-state index in [0.717, 1.165) is 62.9 Å². The summed E-state index contributed by atoms with van der Waals surface area (Å²) in [4.78, 5) is 21.0. The van der Waals surface area contributed by atoms with Gasteiger partial charge in [0.15, 0.2) is 0 Å². The van der Waals surface area contributed by atoms with Crippen LogP contribution in [-0.4, -0.2) is 53.5 Å². The molecule has 150 valence electrons. The normalized spacial score (nSPS) is 18.6. The Kier molecular flexibility index (Phi) is 4.75. The van der Waals surface area contributed by atoms with Crippen molar-refractivity contribution in [1.29, 1.82) is 0 Å². The topological polar surface area (TPSA) is 75.5 Å². The van der Waals surface area contributed by atoms with Crippen LogP contribution in [0.25, 0.3) is 5.57 Å². The number of hydrogen-bond donors (Lipinski definition) is 1. The highest BCUT2D eigenvalue weighted by Crippen LogP contribution is 2.37. The molecule has 7 heteroatoms. The molecule has 2 aromatic heterocycles. The molecule has 4 heterocycles. The molecule has 0 amide bonds. The first kappa shape index (κ1) is 18.2. The summed E-state index contributed by atoms with van der Waals surface area (Å²) in [5.41, 5.74) is 7.21. The number of nitrogens with zero attached hydrogens (tertiary/aromatic N) is 5. The average molecular weight is 390 g/mol. The van der Waals surface area contributed by atoms with E-state index in [2.05, 4.69) is 40.1 Å². The minimum absolute atomic E-state index is 0.397. The van der Waals surface area contributed by atoms with Gasteiger partial charge in [-0.2, -0.15) is 0 Å². The first-order chi connectivity index (χ1) is 14.2. The lowest BCUT2D eigenvalue weighted by atomic mass is 9.86. The van der Waals surface area contributed by atoms with Crippen LogP contribution in [0.2, 0.25) is 0 Å². The first-order valence-corrected chi connectivity index (χ1v) is 10.4. The van der Waals surface area contributed by atoms with E-state index < -0.39 is 0 Å². The Morgan fingerprint density at radius 2 is 1.93 bits per heavy atom. The van der Waals surface area contributed by atoms with Crippen LogP contribution in [0.1, 0.15) is 31.5 Å². The predicted octanol–water partition coefficient (Wildman–Crippen LogP) is 3.26. The summed E-state index contributed by atoms with van der Waals surface area (Å²) in [6.45, 7) is 8.55. The largest absolute Gasteiger partial charge is 0.378 e. The molecule has 1 saturated heterocycles. The molecule has 3 aliphatic rings. The molecule has 0 bridgehead atoms. The molecule has 5 rings (SSSR count). The van der Waals surface area contributed by atoms with Gasteiger partial charge in [-0.1, -0.05) is 13.8 Å². The monoisotopic (exact) mass is 390 g/mol. The van der Waals surface area contributed by atoms with E-state index in [0.29, 0.717) is 11.9 Å². The van der Waals surface area contributed by atoms with Crippen molar-refractivity contribution in [3.05, 3.63) is 41.4 Å². The van der Waals surface area contributed by atoms with Crippen LogP contribution in [0, 0.1) is 5.92 Å². The third kappa shape index (κ3) is 3.51. The van der Waals surface area contributed by atoms with Gasteiger partial charge in [0.2, 0.25) is 5.95 Å². The van der Waals surface area contributed by atoms with Gasteiger partial charge < -0.3 is 15.0 Å². The van der Waals surface area contributed by atoms with E-state index in [9.17, 15) is 0 Å². The number of allylic oxidation sites excluding steroid dienone is 1. The fraction of sp³-hybridized carbons (Fsp3) is 0.455. The fourth-order valence-electron chi connectivity index (χ4n) is 4.22. The summed E-state index contributed by atoms with van der Waals surface area (Å²) in [5, 5.41) is 3.27. The summed E-state index contributed by atoms with van der Waals surface area (Å²) in [6, 6.07) is 4.06. The highest BCUT2D eigenvalue weighted by molar-refractivity contribution is 6.27. The molecule has 1 N–H and O–H groups in total. The van der Waals surface area contributed by atoms with Gasteiger partial charge in [0.05, 0.1) is 37.3 Å². The number of anilines is 3. The molecule has 1 fully saturated rings. The zero-order valence-electron chi connectivity index (χ0n) is 17.0. The summed E-state index contributed by atoms with van der Waals surface area (Å²) in [6.07, 6.45) is 5.89. The van der Waals surface area contributed by atoms with E-state index in [1.54, 1.807) is 0 Å². The molecule has 0 atom stereocenters. The van der Waals surface area contributed by atoms with Crippen molar-refractivity contribution < 1.29 is 4.74 Å². The maximum Gasteiger partial charge on any atom is 0.228 e. The summed E-state index contributed by atoms with van der Waals surface area (Å²) in [5.74, 6) is 1.73. The van der Waals surface area contributed by atoms with Crippen molar-refractivity contribution in [2.24, 2.45) is 10.9 Å². The zero-order valence-corrected chi connectivity index (χ0v) is 17.0. The molecule has 2 aromatic rings. The third-order valence-corrected chi connectivity index (χ3v) is 5.76. The number of nitrogens with one attached hydrogen (secondary N) is 1. The number of ether oxygens (including phenoxy) is 1. The number of rotatable bonds is 4. The molecule has 0 aromatic carbocycles. The van der Waals surface area contributed by atoms with Crippen LogP contribution in [0.15, 0.2) is 35.1 Å². The minimum atomic E-state index is 0.397. The molecule has 0 unspecified atom stereocenters. The van der Waals surface area contributed by atoms with Crippen molar-refractivity contribution >= 4 is 28.7 Å². The second-order valence-corrected chi connectivity index (χ2v) is 8.03. The maximum atomic E-state index is 5.42. The maximum absolute atomic E-state index is 5.42. The number of aromatic nitrogens is 3. The molecule has 0 saturated carbocycles. The van der Waals surface area contributed by atoms with Gasteiger partial charge in [0.1, 0.15) is 5.82 Å². The molecule has 29 heavy (non-hydrogen) atoms. The molecular formula is C22H26N6O. The van der Waals surface area contributed by atoms with Gasteiger partial charge in [-0.05, 0) is 42.0 Å². The number of aryl methyl sites for hydroxylation is 1. The second kappa shape index (κ2) is 7.55. The van der Waals surface area contributed by atoms with Crippen molar-refractivity contribution in [1.82, 2.24) is 15.0 Å². The van der Waals surface area contributed by atoms with E-state index >= 15 is 0 Å². The smallest absolute Gasteiger partial charge is 0.228 e. The Bertz CT molecular complexity index is 973. The summed E-state index contributed by atoms with van der Waals surface area (Å²) >= 11 is 0. The lowest BCUT2D eigenvalue weighted by Crippen LogP contribution is -2.36. The van der Waals surface area contributed by atoms with Gasteiger partial charge in [-0.15, -0.1) is 0 Å². The Hall–Kier alpha value is -2.80. The van der Waals surface area contributed by atoms with Crippen molar-refractivity contribution in [2.75, 3.05) is 43.1 Å². The van der Waals surface area contributed by atoms with E-state index in [-0.39, 0.29) is 0 Å². The highest BCUT2D eigenvalue weighted by Gasteiger charge is 2.29. The number of fused-ring (bicyclic) bond motifs is 2. The summed E-state index contributed by atoms with van der Waals surface area (Å²) in [7, 11) is 0. The van der Waals surface area contributed by atoms with Crippen LogP contribution in [0.3, 0.4) is 0 Å². The zero-order chi connectivity index (χ0) is 19.8. The van der Waals surface area contributed by atoms with Gasteiger partial charge in [-0.25, -0.2) is 15.0 Å². The van der Waals surface area contributed by atoms with Crippen LogP contribution >= 0.6 is 0 Å². The number of morpholine rings is 1. The molecular weight excluding hydrogens is 364 g/mol. The Labute approximate surface area is 171 Å². The average Bonchev–Trinajstić information content (AvgIpc) is 3.20. The van der Waals surface area contributed by atoms with Gasteiger partial charge >= 0.3 is 0 Å². The van der Waals surface area contributed by atoms with Crippen LogP contribution in [0.4, 0.5) is 17.5 Å². The summed E-state index contributed by atoms with van der Waals surface area (Å²) < 4.78 is 5.42. The van der Waals surface area contributed by atoms with E-state index in [1.807, 2.05) is 18.5 Å². The van der Waals surface area contributed by atoms with Crippen molar-refractivity contribution in [2.45, 2.75) is 26.7 Å². The van der Waals surface area contributed by atoms with Crippen LogP contribution < -0.4 is 10.2 Å². The third-order valence-electron chi connectivity index (χ3n) is 5.76. The Morgan fingerprint density at radius 3 is 2.69 bits per heavy atom. The number of pyridine rings is 1. The standard InChI is InChI=1S/C22H26N6O/c1-14(2)20-19-15(11-24-20)3-4-16-12-25-22(27-21(16)19)26-18-6-5-17(13-23-18)28-7-9-29-10-8-28/h5-6,12-14H,3-4,7-11H2,1-2H3,(H,23,25,26,27).